The van der Waals surface area contributed by atoms with Gasteiger partial charge in [-0.2, -0.15) is 5.26 Å². The fourth-order valence-corrected chi connectivity index (χ4v) is 2.66. The number of hydrogen-bond donors (Lipinski definition) is 0. The second-order valence-electron chi connectivity index (χ2n) is 4.75. The summed E-state index contributed by atoms with van der Waals surface area (Å²) in [5.74, 6) is 0. The van der Waals surface area contributed by atoms with Crippen molar-refractivity contribution in [3.8, 4) is 17.3 Å². The molecule has 0 atom stereocenters. The molecule has 5 heteroatoms. The molecule has 0 bridgehead atoms. The molecule has 1 fully saturated rings. The third-order valence-corrected chi connectivity index (χ3v) is 3.67. The molecular weight excluding hydrogens is 272 g/mol. The van der Waals surface area contributed by atoms with E-state index in [4.69, 9.17) is 11.6 Å². The molecule has 1 aromatic carbocycles. The normalized spacial score (nSPS) is 14.3. The van der Waals surface area contributed by atoms with Crippen LogP contribution in [0, 0.1) is 11.3 Å². The lowest BCUT2D eigenvalue weighted by molar-refractivity contribution is 0.949. The molecule has 0 saturated carbocycles. The van der Waals surface area contributed by atoms with E-state index in [0.29, 0.717) is 5.56 Å². The minimum absolute atomic E-state index is 0.213. The summed E-state index contributed by atoms with van der Waals surface area (Å²) in [7, 11) is 0. The first-order valence-electron chi connectivity index (χ1n) is 6.56. The Hall–Kier alpha value is -2.12. The van der Waals surface area contributed by atoms with E-state index >= 15 is 0 Å². The highest BCUT2D eigenvalue weighted by molar-refractivity contribution is 6.28. The highest BCUT2D eigenvalue weighted by Crippen LogP contribution is 2.28. The first-order chi connectivity index (χ1) is 9.78. The first kappa shape index (κ1) is 12.9. The molecule has 2 heterocycles. The molecule has 1 aromatic heterocycles. The Morgan fingerprint density at radius 1 is 1.20 bits per heavy atom. The van der Waals surface area contributed by atoms with Crippen LogP contribution >= 0.6 is 11.6 Å². The van der Waals surface area contributed by atoms with Crippen LogP contribution in [-0.2, 0) is 0 Å². The fraction of sp³-hybridized carbons (Fsp3) is 0.267. The maximum atomic E-state index is 9.37. The van der Waals surface area contributed by atoms with Crippen LogP contribution in [0.3, 0.4) is 0 Å². The molecule has 100 valence electrons. The third kappa shape index (κ3) is 2.45. The predicted molar refractivity (Wildman–Crippen MR) is 78.6 cm³/mol. The summed E-state index contributed by atoms with van der Waals surface area (Å²) in [5.41, 5.74) is 3.30. The zero-order valence-electron chi connectivity index (χ0n) is 10.9. The molecule has 0 N–H and O–H groups in total. The summed E-state index contributed by atoms with van der Waals surface area (Å²) in [6.07, 6.45) is 3.99. The van der Waals surface area contributed by atoms with Gasteiger partial charge in [-0.25, -0.2) is 9.97 Å². The second-order valence-corrected chi connectivity index (χ2v) is 5.09. The van der Waals surface area contributed by atoms with Gasteiger partial charge in [0.05, 0.1) is 16.9 Å². The Balaban J connectivity index is 2.01. The SMILES string of the molecule is N#Cc1cc(-c2ccnc(Cl)n2)ccc1N1CCCC1. The summed E-state index contributed by atoms with van der Waals surface area (Å²) < 4.78 is 0. The maximum absolute atomic E-state index is 9.37. The minimum atomic E-state index is 0.213. The Bertz CT molecular complexity index is 672. The summed E-state index contributed by atoms with van der Waals surface area (Å²) in [6.45, 7) is 2.04. The van der Waals surface area contributed by atoms with Gasteiger partial charge in [0.15, 0.2) is 0 Å². The number of rotatable bonds is 2. The molecule has 0 aliphatic carbocycles. The van der Waals surface area contributed by atoms with E-state index in [0.717, 1.165) is 30.0 Å². The van der Waals surface area contributed by atoms with E-state index in [-0.39, 0.29) is 5.28 Å². The molecule has 0 spiro atoms. The van der Waals surface area contributed by atoms with Crippen LogP contribution in [0.25, 0.3) is 11.3 Å². The van der Waals surface area contributed by atoms with Crippen molar-refractivity contribution >= 4 is 17.3 Å². The van der Waals surface area contributed by atoms with E-state index in [9.17, 15) is 5.26 Å². The molecule has 3 rings (SSSR count). The number of anilines is 1. The molecule has 20 heavy (non-hydrogen) atoms. The predicted octanol–water partition coefficient (Wildman–Crippen LogP) is 3.27. The highest BCUT2D eigenvalue weighted by Gasteiger charge is 2.16. The van der Waals surface area contributed by atoms with E-state index < -0.39 is 0 Å². The number of benzene rings is 1. The van der Waals surface area contributed by atoms with Crippen molar-refractivity contribution in [3.63, 3.8) is 0 Å². The summed E-state index contributed by atoms with van der Waals surface area (Å²) >= 11 is 5.81. The first-order valence-corrected chi connectivity index (χ1v) is 6.94. The van der Waals surface area contributed by atoms with Crippen LogP contribution in [-0.4, -0.2) is 23.1 Å². The molecule has 0 amide bonds. The molecular formula is C15H13ClN4. The van der Waals surface area contributed by atoms with Crippen LogP contribution in [0.2, 0.25) is 5.28 Å². The average molecular weight is 285 g/mol. The number of nitrogens with zero attached hydrogens (tertiary/aromatic N) is 4. The summed E-state index contributed by atoms with van der Waals surface area (Å²) in [6, 6.07) is 9.91. The van der Waals surface area contributed by atoms with Crippen molar-refractivity contribution in [3.05, 3.63) is 41.3 Å². The van der Waals surface area contributed by atoms with Crippen molar-refractivity contribution in [2.24, 2.45) is 0 Å². The van der Waals surface area contributed by atoms with Gasteiger partial charge >= 0.3 is 0 Å². The van der Waals surface area contributed by atoms with Crippen molar-refractivity contribution in [2.45, 2.75) is 12.8 Å². The van der Waals surface area contributed by atoms with Gasteiger partial charge in [0.2, 0.25) is 5.28 Å². The van der Waals surface area contributed by atoms with Gasteiger partial charge in [-0.1, -0.05) is 6.07 Å². The lowest BCUT2D eigenvalue weighted by atomic mass is 10.1. The minimum Gasteiger partial charge on any atom is -0.370 e. The van der Waals surface area contributed by atoms with Gasteiger partial charge in [0.25, 0.3) is 0 Å². The number of nitriles is 1. The lowest BCUT2D eigenvalue weighted by Gasteiger charge is -2.19. The van der Waals surface area contributed by atoms with Crippen molar-refractivity contribution in [2.75, 3.05) is 18.0 Å². The smallest absolute Gasteiger partial charge is 0.222 e. The Morgan fingerprint density at radius 3 is 2.70 bits per heavy atom. The maximum Gasteiger partial charge on any atom is 0.222 e. The highest BCUT2D eigenvalue weighted by atomic mass is 35.5. The topological polar surface area (TPSA) is 52.8 Å². The van der Waals surface area contributed by atoms with Gasteiger partial charge in [-0.15, -0.1) is 0 Å². The van der Waals surface area contributed by atoms with Crippen LogP contribution in [0.4, 0.5) is 5.69 Å². The van der Waals surface area contributed by atoms with Crippen LogP contribution in [0.1, 0.15) is 18.4 Å². The molecule has 4 nitrogen and oxygen atoms in total. The van der Waals surface area contributed by atoms with Gasteiger partial charge in [0, 0.05) is 24.8 Å². The van der Waals surface area contributed by atoms with Gasteiger partial charge in [-0.3, -0.25) is 0 Å². The van der Waals surface area contributed by atoms with E-state index in [1.165, 1.54) is 12.8 Å². The van der Waals surface area contributed by atoms with E-state index in [2.05, 4.69) is 20.9 Å². The number of hydrogen-bond acceptors (Lipinski definition) is 4. The monoisotopic (exact) mass is 284 g/mol. The molecule has 1 aliphatic rings. The Labute approximate surface area is 122 Å². The van der Waals surface area contributed by atoms with Crippen molar-refractivity contribution in [1.29, 1.82) is 5.26 Å². The molecule has 0 unspecified atom stereocenters. The lowest BCUT2D eigenvalue weighted by Crippen LogP contribution is -2.18. The number of halogens is 1. The standard InChI is InChI=1S/C15H13ClN4/c16-15-18-6-5-13(19-15)11-3-4-14(12(9-11)10-17)20-7-1-2-8-20/h3-6,9H,1-2,7-8H2. The zero-order chi connectivity index (χ0) is 13.9. The van der Waals surface area contributed by atoms with Crippen LogP contribution < -0.4 is 4.90 Å². The molecule has 0 radical (unpaired) electrons. The molecule has 2 aromatic rings. The third-order valence-electron chi connectivity index (χ3n) is 3.49. The average Bonchev–Trinajstić information content (AvgIpc) is 3.00. The zero-order valence-corrected chi connectivity index (χ0v) is 11.6. The summed E-state index contributed by atoms with van der Waals surface area (Å²) in [4.78, 5) is 10.3. The van der Waals surface area contributed by atoms with Crippen LogP contribution in [0.15, 0.2) is 30.5 Å². The Morgan fingerprint density at radius 2 is 2.00 bits per heavy atom. The largest absolute Gasteiger partial charge is 0.370 e. The van der Waals surface area contributed by atoms with Gasteiger partial charge in [0.1, 0.15) is 6.07 Å². The quantitative estimate of drug-likeness (QED) is 0.794. The van der Waals surface area contributed by atoms with E-state index in [1.54, 1.807) is 12.3 Å². The number of aromatic nitrogens is 2. The van der Waals surface area contributed by atoms with Crippen molar-refractivity contribution in [1.82, 2.24) is 9.97 Å². The van der Waals surface area contributed by atoms with Crippen molar-refractivity contribution < 1.29 is 0 Å². The van der Waals surface area contributed by atoms with Gasteiger partial charge in [-0.05, 0) is 42.6 Å². The van der Waals surface area contributed by atoms with Gasteiger partial charge < -0.3 is 4.90 Å². The molecule has 1 saturated heterocycles. The molecule has 1 aliphatic heterocycles. The Kier molecular flexibility index (Phi) is 3.53. The summed E-state index contributed by atoms with van der Waals surface area (Å²) in [5, 5.41) is 9.58. The second kappa shape index (κ2) is 5.48. The van der Waals surface area contributed by atoms with Crippen LogP contribution in [0.5, 0.6) is 0 Å². The van der Waals surface area contributed by atoms with E-state index in [1.807, 2.05) is 18.2 Å². The fourth-order valence-electron chi connectivity index (χ4n) is 2.51.